The second kappa shape index (κ2) is 8.74. The molecule has 0 aromatic carbocycles. The minimum atomic E-state index is -0.451. The van der Waals surface area contributed by atoms with Crippen LogP contribution in [-0.2, 0) is 14.3 Å². The summed E-state index contributed by atoms with van der Waals surface area (Å²) in [5.74, 6) is 1.14. The minimum absolute atomic E-state index is 0.102. The zero-order chi connectivity index (χ0) is 21.6. The lowest BCUT2D eigenvalue weighted by atomic mass is 9.92. The van der Waals surface area contributed by atoms with E-state index >= 15 is 0 Å². The van der Waals surface area contributed by atoms with Crippen molar-refractivity contribution in [2.24, 2.45) is 11.8 Å². The maximum atomic E-state index is 12.3. The number of piperidine rings is 2. The molecule has 0 bridgehead atoms. The Morgan fingerprint density at radius 3 is 2.48 bits per heavy atom. The predicted molar refractivity (Wildman–Crippen MR) is 113 cm³/mol. The van der Waals surface area contributed by atoms with Crippen molar-refractivity contribution in [3.05, 3.63) is 0 Å². The molecular weight excluding hydrogens is 400 g/mol. The molecule has 5 heterocycles. The van der Waals surface area contributed by atoms with Crippen LogP contribution in [0.25, 0.3) is 0 Å². The highest BCUT2D eigenvalue weighted by molar-refractivity contribution is 5.68. The number of ether oxygens (including phenoxy) is 2. The van der Waals surface area contributed by atoms with E-state index in [1.165, 1.54) is 6.42 Å². The Kier molecular flexibility index (Phi) is 6.15. The standard InChI is InChI=1S/C21H38N6O4/c1-21(2,3)30-20(28)25-7-4-14(5-8-25)18-23-19(31-24-18)26-9-6-15-10-22-27(17(15)11-26)16-12-29-13-16/h14-19,22-24H,4-13H2,1-3H3. The second-order valence-electron chi connectivity index (χ2n) is 10.6. The summed E-state index contributed by atoms with van der Waals surface area (Å²) in [7, 11) is 0. The van der Waals surface area contributed by atoms with E-state index in [4.69, 9.17) is 14.3 Å². The third kappa shape index (κ3) is 4.71. The summed E-state index contributed by atoms with van der Waals surface area (Å²) in [6.45, 7) is 12.0. The number of likely N-dealkylation sites (tertiary alicyclic amines) is 2. The molecule has 0 saturated carbocycles. The monoisotopic (exact) mass is 438 g/mol. The van der Waals surface area contributed by atoms with E-state index in [1.807, 2.05) is 25.7 Å². The zero-order valence-corrected chi connectivity index (χ0v) is 19.0. The number of fused-ring (bicyclic) bond motifs is 1. The van der Waals surface area contributed by atoms with Gasteiger partial charge < -0.3 is 14.4 Å². The van der Waals surface area contributed by atoms with Gasteiger partial charge in [-0.3, -0.25) is 20.5 Å². The molecule has 0 aromatic rings. The summed E-state index contributed by atoms with van der Waals surface area (Å²) in [6, 6.07) is 1.03. The number of amides is 1. The van der Waals surface area contributed by atoms with Crippen molar-refractivity contribution in [1.29, 1.82) is 0 Å². The fourth-order valence-corrected chi connectivity index (χ4v) is 5.41. The van der Waals surface area contributed by atoms with Crippen LogP contribution in [0, 0.1) is 11.8 Å². The molecule has 0 aliphatic carbocycles. The van der Waals surface area contributed by atoms with Crippen LogP contribution in [-0.4, -0.2) is 97.0 Å². The number of nitrogens with one attached hydrogen (secondary N) is 3. The third-order valence-corrected chi connectivity index (χ3v) is 7.28. The molecule has 5 rings (SSSR count). The first-order chi connectivity index (χ1) is 14.9. The molecule has 5 aliphatic heterocycles. The molecule has 10 heteroatoms. The Balaban J connectivity index is 1.10. The molecular formula is C21H38N6O4. The van der Waals surface area contributed by atoms with Crippen LogP contribution in [0.5, 0.6) is 0 Å². The molecule has 5 saturated heterocycles. The first-order valence-corrected chi connectivity index (χ1v) is 11.9. The Labute approximate surface area is 184 Å². The van der Waals surface area contributed by atoms with E-state index in [0.29, 0.717) is 23.9 Å². The molecule has 4 atom stereocenters. The van der Waals surface area contributed by atoms with Crippen molar-refractivity contribution in [2.75, 3.05) is 45.9 Å². The Hall–Kier alpha value is -1.01. The quantitative estimate of drug-likeness (QED) is 0.575. The van der Waals surface area contributed by atoms with E-state index in [-0.39, 0.29) is 18.6 Å². The first-order valence-electron chi connectivity index (χ1n) is 11.9. The molecule has 31 heavy (non-hydrogen) atoms. The van der Waals surface area contributed by atoms with Crippen LogP contribution in [0.15, 0.2) is 0 Å². The number of hydrogen-bond acceptors (Lipinski definition) is 9. The van der Waals surface area contributed by atoms with Gasteiger partial charge in [-0.05, 0) is 51.9 Å². The summed E-state index contributed by atoms with van der Waals surface area (Å²) < 4.78 is 10.9. The summed E-state index contributed by atoms with van der Waals surface area (Å²) in [4.78, 5) is 22.5. The van der Waals surface area contributed by atoms with Gasteiger partial charge in [0, 0.05) is 38.8 Å². The van der Waals surface area contributed by atoms with Crippen LogP contribution in [0.3, 0.4) is 0 Å². The van der Waals surface area contributed by atoms with Gasteiger partial charge >= 0.3 is 6.09 Å². The van der Waals surface area contributed by atoms with Crippen LogP contribution >= 0.6 is 0 Å². The van der Waals surface area contributed by atoms with E-state index in [2.05, 4.69) is 26.1 Å². The molecule has 0 radical (unpaired) electrons. The van der Waals surface area contributed by atoms with E-state index in [0.717, 1.165) is 58.8 Å². The normalized spacial score (nSPS) is 36.4. The maximum absolute atomic E-state index is 12.3. The molecule has 1 amide bonds. The highest BCUT2D eigenvalue weighted by Gasteiger charge is 2.46. The maximum Gasteiger partial charge on any atom is 0.410 e. The van der Waals surface area contributed by atoms with Gasteiger partial charge in [0.1, 0.15) is 5.60 Å². The lowest BCUT2D eigenvalue weighted by Crippen LogP contribution is -2.61. The average Bonchev–Trinajstić information content (AvgIpc) is 3.33. The van der Waals surface area contributed by atoms with Gasteiger partial charge in [0.05, 0.1) is 25.4 Å². The summed E-state index contributed by atoms with van der Waals surface area (Å²) in [5.41, 5.74) is 6.39. The van der Waals surface area contributed by atoms with E-state index in [9.17, 15) is 4.79 Å². The Bertz CT molecular complexity index is 648. The number of carbonyl (C=O) groups is 1. The molecule has 3 N–H and O–H groups in total. The van der Waals surface area contributed by atoms with Gasteiger partial charge in [-0.25, -0.2) is 9.80 Å². The van der Waals surface area contributed by atoms with Crippen LogP contribution < -0.4 is 16.2 Å². The smallest absolute Gasteiger partial charge is 0.410 e. The largest absolute Gasteiger partial charge is 0.444 e. The summed E-state index contributed by atoms with van der Waals surface area (Å²) in [5, 5.41) is 6.10. The number of carbonyl (C=O) groups excluding carboxylic acids is 1. The SMILES string of the molecule is CC(C)(C)OC(=O)N1CCC(C2NOC(N3CCC4CNN(C5COC5)C4C3)N2)CC1. The molecule has 5 fully saturated rings. The Morgan fingerprint density at radius 2 is 1.81 bits per heavy atom. The molecule has 0 aromatic heterocycles. The van der Waals surface area contributed by atoms with Gasteiger partial charge in [0.25, 0.3) is 0 Å². The highest BCUT2D eigenvalue weighted by Crippen LogP contribution is 2.31. The van der Waals surface area contributed by atoms with E-state index < -0.39 is 5.60 Å². The van der Waals surface area contributed by atoms with Crippen molar-refractivity contribution in [3.8, 4) is 0 Å². The molecule has 10 nitrogen and oxygen atoms in total. The lowest BCUT2D eigenvalue weighted by molar-refractivity contribution is -0.120. The Morgan fingerprint density at radius 1 is 1.06 bits per heavy atom. The predicted octanol–water partition coefficient (Wildman–Crippen LogP) is 0.277. The van der Waals surface area contributed by atoms with Gasteiger partial charge in [-0.2, -0.15) is 5.48 Å². The van der Waals surface area contributed by atoms with Crippen molar-refractivity contribution in [1.82, 2.24) is 31.0 Å². The fraction of sp³-hybridized carbons (Fsp3) is 0.952. The minimum Gasteiger partial charge on any atom is -0.444 e. The van der Waals surface area contributed by atoms with Crippen LogP contribution in [0.2, 0.25) is 0 Å². The van der Waals surface area contributed by atoms with Crippen molar-refractivity contribution in [3.63, 3.8) is 0 Å². The number of rotatable bonds is 3. The third-order valence-electron chi connectivity index (χ3n) is 7.28. The summed E-state index contributed by atoms with van der Waals surface area (Å²) >= 11 is 0. The first kappa shape index (κ1) is 21.8. The topological polar surface area (TPSA) is 90.6 Å². The van der Waals surface area contributed by atoms with Crippen molar-refractivity contribution >= 4 is 6.09 Å². The second-order valence-corrected chi connectivity index (χ2v) is 10.6. The molecule has 5 aliphatic rings. The van der Waals surface area contributed by atoms with Gasteiger partial charge in [-0.15, -0.1) is 0 Å². The molecule has 0 spiro atoms. The lowest BCUT2D eigenvalue weighted by Gasteiger charge is -2.43. The molecule has 4 unspecified atom stereocenters. The van der Waals surface area contributed by atoms with Gasteiger partial charge in [-0.1, -0.05) is 0 Å². The van der Waals surface area contributed by atoms with Gasteiger partial charge in [0.2, 0.25) is 0 Å². The van der Waals surface area contributed by atoms with Crippen molar-refractivity contribution < 1.29 is 19.1 Å². The van der Waals surface area contributed by atoms with Crippen molar-refractivity contribution in [2.45, 2.75) is 70.2 Å². The highest BCUT2D eigenvalue weighted by atomic mass is 16.7. The number of hydrazine groups is 1. The number of nitrogens with zero attached hydrogens (tertiary/aromatic N) is 3. The number of hydroxylamine groups is 1. The molecule has 176 valence electrons. The zero-order valence-electron chi connectivity index (χ0n) is 19.0. The van der Waals surface area contributed by atoms with E-state index in [1.54, 1.807) is 0 Å². The fourth-order valence-electron chi connectivity index (χ4n) is 5.41. The average molecular weight is 439 g/mol. The van der Waals surface area contributed by atoms with Crippen LogP contribution in [0.1, 0.15) is 40.0 Å². The van der Waals surface area contributed by atoms with Crippen LogP contribution in [0.4, 0.5) is 4.79 Å². The number of hydrogen-bond donors (Lipinski definition) is 3. The summed E-state index contributed by atoms with van der Waals surface area (Å²) in [6.07, 6.45) is 2.86. The van der Waals surface area contributed by atoms with Gasteiger partial charge in [0.15, 0.2) is 6.35 Å².